The molecule has 2 rings (SSSR count). The van der Waals surface area contributed by atoms with Crippen molar-refractivity contribution in [1.82, 2.24) is 4.90 Å². The number of amides is 1. The Kier molecular flexibility index (Phi) is 4.44. The highest BCUT2D eigenvalue weighted by atomic mass is 16.2. The van der Waals surface area contributed by atoms with E-state index in [1.165, 1.54) is 0 Å². The Morgan fingerprint density at radius 1 is 1.35 bits per heavy atom. The van der Waals surface area contributed by atoms with Crippen LogP contribution in [-0.2, 0) is 10.2 Å². The fraction of sp³-hybridized carbons (Fsp3) is 0.529. The van der Waals surface area contributed by atoms with Gasteiger partial charge in [0.1, 0.15) is 0 Å². The Bertz CT molecular complexity index is 497. The molecule has 1 amide bonds. The van der Waals surface area contributed by atoms with Crippen molar-refractivity contribution in [3.8, 4) is 6.07 Å². The summed E-state index contributed by atoms with van der Waals surface area (Å²) in [5, 5.41) is 9.51. The van der Waals surface area contributed by atoms with Gasteiger partial charge in [-0.05, 0) is 31.2 Å². The van der Waals surface area contributed by atoms with E-state index in [-0.39, 0.29) is 12.3 Å². The highest BCUT2D eigenvalue weighted by Gasteiger charge is 2.32. The highest BCUT2D eigenvalue weighted by Crippen LogP contribution is 2.28. The van der Waals surface area contributed by atoms with E-state index in [4.69, 9.17) is 0 Å². The van der Waals surface area contributed by atoms with Crippen molar-refractivity contribution < 1.29 is 4.79 Å². The van der Waals surface area contributed by atoms with E-state index in [0.29, 0.717) is 5.92 Å². The third-order valence-electron chi connectivity index (χ3n) is 4.30. The molecule has 20 heavy (non-hydrogen) atoms. The molecule has 3 nitrogen and oxygen atoms in total. The summed E-state index contributed by atoms with van der Waals surface area (Å²) in [6.07, 6.45) is 2.41. The number of carbonyl (C=O) groups is 1. The van der Waals surface area contributed by atoms with Gasteiger partial charge < -0.3 is 4.90 Å². The van der Waals surface area contributed by atoms with Crippen molar-refractivity contribution in [1.29, 1.82) is 5.26 Å². The van der Waals surface area contributed by atoms with Gasteiger partial charge in [0, 0.05) is 19.5 Å². The van der Waals surface area contributed by atoms with Crippen molar-refractivity contribution in [3.63, 3.8) is 0 Å². The first-order valence-electron chi connectivity index (χ1n) is 7.30. The van der Waals surface area contributed by atoms with Crippen LogP contribution < -0.4 is 0 Å². The molecule has 0 N–H and O–H groups in total. The van der Waals surface area contributed by atoms with Crippen molar-refractivity contribution in [2.75, 3.05) is 13.1 Å². The van der Waals surface area contributed by atoms with E-state index in [0.717, 1.165) is 31.5 Å². The first-order chi connectivity index (χ1) is 9.55. The number of nitriles is 1. The van der Waals surface area contributed by atoms with Crippen LogP contribution in [0.3, 0.4) is 0 Å². The number of rotatable bonds is 3. The van der Waals surface area contributed by atoms with Crippen molar-refractivity contribution >= 4 is 5.91 Å². The van der Waals surface area contributed by atoms with Gasteiger partial charge in [0.25, 0.3) is 0 Å². The second-order valence-corrected chi connectivity index (χ2v) is 6.05. The van der Waals surface area contributed by atoms with Crippen LogP contribution in [0.4, 0.5) is 0 Å². The van der Waals surface area contributed by atoms with E-state index >= 15 is 0 Å². The molecule has 0 saturated carbocycles. The van der Waals surface area contributed by atoms with Crippen molar-refractivity contribution in [2.45, 2.75) is 38.5 Å². The molecule has 1 saturated heterocycles. The lowest BCUT2D eigenvalue weighted by molar-refractivity contribution is -0.133. The predicted molar refractivity (Wildman–Crippen MR) is 79.0 cm³/mol. The maximum absolute atomic E-state index is 12.4. The molecule has 1 heterocycles. The standard InChI is InChI=1S/C17H22N2O/c1-14-8-10-19(11-9-14)16(20)12-17(2,13-18)15-6-4-3-5-7-15/h3-7,14H,8-12H2,1-2H3. The predicted octanol–water partition coefficient (Wildman–Crippen LogP) is 3.12. The molecule has 1 aromatic rings. The minimum absolute atomic E-state index is 0.102. The van der Waals surface area contributed by atoms with Crippen LogP contribution in [0.2, 0.25) is 0 Å². The summed E-state index contributed by atoms with van der Waals surface area (Å²) in [5.41, 5.74) is 0.183. The molecule has 0 bridgehead atoms. The summed E-state index contributed by atoms with van der Waals surface area (Å²) in [5.74, 6) is 0.806. The van der Waals surface area contributed by atoms with Crippen LogP contribution in [0.5, 0.6) is 0 Å². The minimum Gasteiger partial charge on any atom is -0.343 e. The summed E-state index contributed by atoms with van der Waals surface area (Å²) in [6, 6.07) is 11.9. The fourth-order valence-electron chi connectivity index (χ4n) is 2.68. The molecule has 0 spiro atoms. The van der Waals surface area contributed by atoms with Gasteiger partial charge in [0.05, 0.1) is 11.5 Å². The summed E-state index contributed by atoms with van der Waals surface area (Å²) >= 11 is 0. The van der Waals surface area contributed by atoms with Gasteiger partial charge in [0.2, 0.25) is 5.91 Å². The molecule has 1 fully saturated rings. The molecule has 1 aromatic carbocycles. The van der Waals surface area contributed by atoms with Crippen LogP contribution in [0.1, 0.15) is 38.7 Å². The van der Waals surface area contributed by atoms with E-state index in [9.17, 15) is 10.1 Å². The lowest BCUT2D eigenvalue weighted by Gasteiger charge is -2.32. The van der Waals surface area contributed by atoms with Gasteiger partial charge in [-0.2, -0.15) is 5.26 Å². The molecular formula is C17H22N2O. The third-order valence-corrected chi connectivity index (χ3v) is 4.30. The molecule has 1 atom stereocenters. The SMILES string of the molecule is CC1CCN(C(=O)CC(C)(C#N)c2ccccc2)CC1. The van der Waals surface area contributed by atoms with Crippen LogP contribution in [-0.4, -0.2) is 23.9 Å². The fourth-order valence-corrected chi connectivity index (χ4v) is 2.68. The van der Waals surface area contributed by atoms with Gasteiger partial charge in [-0.1, -0.05) is 37.3 Å². The summed E-state index contributed by atoms with van der Waals surface area (Å²) in [6.45, 7) is 5.74. The maximum Gasteiger partial charge on any atom is 0.224 e. The smallest absolute Gasteiger partial charge is 0.224 e. The zero-order valence-corrected chi connectivity index (χ0v) is 12.3. The Labute approximate surface area is 121 Å². The van der Waals surface area contributed by atoms with Crippen LogP contribution in [0.25, 0.3) is 0 Å². The quantitative estimate of drug-likeness (QED) is 0.847. The molecule has 1 aliphatic rings. The monoisotopic (exact) mass is 270 g/mol. The second-order valence-electron chi connectivity index (χ2n) is 6.05. The molecule has 0 aromatic heterocycles. The molecule has 1 unspecified atom stereocenters. The number of benzene rings is 1. The average Bonchev–Trinajstić information content (AvgIpc) is 2.48. The number of piperidine rings is 1. The largest absolute Gasteiger partial charge is 0.343 e. The van der Waals surface area contributed by atoms with Crippen LogP contribution in [0.15, 0.2) is 30.3 Å². The Morgan fingerprint density at radius 3 is 2.50 bits per heavy atom. The molecule has 106 valence electrons. The van der Waals surface area contributed by atoms with E-state index in [2.05, 4.69) is 13.0 Å². The highest BCUT2D eigenvalue weighted by molar-refractivity contribution is 5.78. The Morgan fingerprint density at radius 2 is 1.95 bits per heavy atom. The van der Waals surface area contributed by atoms with E-state index in [1.807, 2.05) is 42.2 Å². The first kappa shape index (κ1) is 14.6. The molecule has 1 aliphatic heterocycles. The zero-order chi connectivity index (χ0) is 14.6. The number of likely N-dealkylation sites (tertiary alicyclic amines) is 1. The lowest BCUT2D eigenvalue weighted by atomic mass is 9.80. The van der Waals surface area contributed by atoms with Gasteiger partial charge in [-0.3, -0.25) is 4.79 Å². The van der Waals surface area contributed by atoms with Crippen LogP contribution in [0, 0.1) is 17.2 Å². The zero-order valence-electron chi connectivity index (χ0n) is 12.3. The maximum atomic E-state index is 12.4. The minimum atomic E-state index is -0.735. The summed E-state index contributed by atoms with van der Waals surface area (Å²) in [7, 11) is 0. The van der Waals surface area contributed by atoms with Crippen LogP contribution >= 0.6 is 0 Å². The Balaban J connectivity index is 2.07. The second kappa shape index (κ2) is 6.09. The summed E-state index contributed by atoms with van der Waals surface area (Å²) < 4.78 is 0. The topological polar surface area (TPSA) is 44.1 Å². The third kappa shape index (κ3) is 3.19. The normalized spacial score (nSPS) is 19.1. The van der Waals surface area contributed by atoms with Gasteiger partial charge in [-0.25, -0.2) is 0 Å². The molecule has 0 aliphatic carbocycles. The number of carbonyl (C=O) groups excluding carboxylic acids is 1. The summed E-state index contributed by atoms with van der Waals surface area (Å²) in [4.78, 5) is 14.3. The van der Waals surface area contributed by atoms with Crippen molar-refractivity contribution in [2.24, 2.45) is 5.92 Å². The van der Waals surface area contributed by atoms with Crippen molar-refractivity contribution in [3.05, 3.63) is 35.9 Å². The molecule has 0 radical (unpaired) electrons. The first-order valence-corrected chi connectivity index (χ1v) is 7.30. The number of nitrogens with zero attached hydrogens (tertiary/aromatic N) is 2. The lowest BCUT2D eigenvalue weighted by Crippen LogP contribution is -2.40. The van der Waals surface area contributed by atoms with E-state index in [1.54, 1.807) is 0 Å². The van der Waals surface area contributed by atoms with E-state index < -0.39 is 5.41 Å². The number of hydrogen-bond acceptors (Lipinski definition) is 2. The van der Waals surface area contributed by atoms with Gasteiger partial charge in [0.15, 0.2) is 0 Å². The Hall–Kier alpha value is -1.82. The molecule has 3 heteroatoms. The average molecular weight is 270 g/mol. The van der Waals surface area contributed by atoms with Gasteiger partial charge >= 0.3 is 0 Å². The molecular weight excluding hydrogens is 248 g/mol. The number of hydrogen-bond donors (Lipinski definition) is 0. The van der Waals surface area contributed by atoms with Gasteiger partial charge in [-0.15, -0.1) is 0 Å².